The van der Waals surface area contributed by atoms with E-state index in [-0.39, 0.29) is 0 Å². The number of anilines is 1. The molecule has 1 aromatic carbocycles. The molecule has 0 spiro atoms. The van der Waals surface area contributed by atoms with E-state index in [0.29, 0.717) is 5.92 Å². The molecule has 2 aliphatic carbocycles. The minimum absolute atomic E-state index is 0.512. The van der Waals surface area contributed by atoms with E-state index in [4.69, 9.17) is 4.42 Å². The van der Waals surface area contributed by atoms with E-state index in [2.05, 4.69) is 45.4 Å². The van der Waals surface area contributed by atoms with E-state index in [0.717, 1.165) is 30.8 Å². The summed E-state index contributed by atoms with van der Waals surface area (Å²) < 4.78 is 5.91. The molecule has 2 aliphatic rings. The third-order valence-corrected chi connectivity index (χ3v) is 5.09. The molecule has 4 rings (SSSR count). The predicted molar refractivity (Wildman–Crippen MR) is 85.7 cm³/mol. The Morgan fingerprint density at radius 2 is 1.77 bits per heavy atom. The summed E-state index contributed by atoms with van der Waals surface area (Å²) in [5.41, 5.74) is 1.25. The molecule has 116 valence electrons. The molecule has 0 radical (unpaired) electrons. The van der Waals surface area contributed by atoms with E-state index in [9.17, 15) is 0 Å². The Balaban J connectivity index is 1.48. The van der Waals surface area contributed by atoms with Gasteiger partial charge < -0.3 is 9.32 Å². The Labute approximate surface area is 131 Å². The molecule has 0 amide bonds. The lowest BCUT2D eigenvalue weighted by Gasteiger charge is -2.33. The van der Waals surface area contributed by atoms with Gasteiger partial charge in [0.1, 0.15) is 0 Å². The van der Waals surface area contributed by atoms with Crippen LogP contribution in [0, 0.1) is 5.92 Å². The average Bonchev–Trinajstić information content (AvgIpc) is 2.88. The lowest BCUT2D eigenvalue weighted by molar-refractivity contribution is 0.306. The summed E-state index contributed by atoms with van der Waals surface area (Å²) in [5.74, 6) is 2.93. The molecule has 1 heterocycles. The van der Waals surface area contributed by atoms with Crippen LogP contribution in [0.5, 0.6) is 0 Å². The molecule has 4 nitrogen and oxygen atoms in total. The lowest BCUT2D eigenvalue weighted by Crippen LogP contribution is -2.32. The first-order valence-corrected chi connectivity index (χ1v) is 8.51. The molecule has 0 atom stereocenters. The number of nitrogens with zero attached hydrogens (tertiary/aromatic N) is 3. The maximum Gasteiger partial charge on any atom is 0.235 e. The van der Waals surface area contributed by atoms with Crippen molar-refractivity contribution in [1.29, 1.82) is 0 Å². The molecular formula is C18H23N3O. The minimum Gasteiger partial charge on any atom is -0.423 e. The monoisotopic (exact) mass is 297 g/mol. The van der Waals surface area contributed by atoms with Crippen LogP contribution >= 0.6 is 0 Å². The Kier molecular flexibility index (Phi) is 3.83. The summed E-state index contributed by atoms with van der Waals surface area (Å²) in [6.07, 6.45) is 7.76. The first-order chi connectivity index (χ1) is 10.9. The Morgan fingerprint density at radius 1 is 1.00 bits per heavy atom. The Bertz CT molecular complexity index is 602. The van der Waals surface area contributed by atoms with E-state index in [1.807, 2.05) is 0 Å². The standard InChI is InChI=1S/C18H23N3O/c1-2-10-16(11-3-1)21(12-14-6-4-7-14)13-17-19-20-18(22-17)15-8-5-9-15/h1-3,10-11,14-15H,4-9,12-13H2. The van der Waals surface area contributed by atoms with E-state index < -0.39 is 0 Å². The Hall–Kier alpha value is -1.84. The molecule has 0 N–H and O–H groups in total. The van der Waals surface area contributed by atoms with Gasteiger partial charge in [0.2, 0.25) is 11.8 Å². The number of para-hydroxylation sites is 1. The fraction of sp³-hybridized carbons (Fsp3) is 0.556. The summed E-state index contributed by atoms with van der Waals surface area (Å²) in [5, 5.41) is 8.53. The van der Waals surface area contributed by atoms with Gasteiger partial charge >= 0.3 is 0 Å². The van der Waals surface area contributed by atoms with Gasteiger partial charge in [-0.2, -0.15) is 0 Å². The van der Waals surface area contributed by atoms with E-state index >= 15 is 0 Å². The van der Waals surface area contributed by atoms with Crippen molar-refractivity contribution in [2.45, 2.75) is 51.0 Å². The van der Waals surface area contributed by atoms with Crippen LogP contribution in [0.3, 0.4) is 0 Å². The van der Waals surface area contributed by atoms with Crippen LogP contribution in [0.4, 0.5) is 5.69 Å². The fourth-order valence-corrected chi connectivity index (χ4v) is 3.20. The molecule has 2 saturated carbocycles. The zero-order chi connectivity index (χ0) is 14.8. The Morgan fingerprint density at radius 3 is 2.41 bits per heavy atom. The van der Waals surface area contributed by atoms with Crippen molar-refractivity contribution in [1.82, 2.24) is 10.2 Å². The van der Waals surface area contributed by atoms with Crippen LogP contribution in [0.25, 0.3) is 0 Å². The zero-order valence-corrected chi connectivity index (χ0v) is 12.9. The molecule has 1 aromatic heterocycles. The second-order valence-electron chi connectivity index (χ2n) is 6.67. The first-order valence-electron chi connectivity index (χ1n) is 8.51. The summed E-state index contributed by atoms with van der Waals surface area (Å²) in [6.45, 7) is 1.81. The molecule has 2 aromatic rings. The van der Waals surface area contributed by atoms with Crippen molar-refractivity contribution in [3.8, 4) is 0 Å². The van der Waals surface area contributed by atoms with Crippen LogP contribution < -0.4 is 4.90 Å². The highest BCUT2D eigenvalue weighted by molar-refractivity contribution is 5.46. The van der Waals surface area contributed by atoms with Gasteiger partial charge in [0.05, 0.1) is 6.54 Å². The summed E-state index contributed by atoms with van der Waals surface area (Å²) >= 11 is 0. The van der Waals surface area contributed by atoms with Gasteiger partial charge in [-0.1, -0.05) is 31.0 Å². The highest BCUT2D eigenvalue weighted by Gasteiger charge is 2.26. The quantitative estimate of drug-likeness (QED) is 0.803. The van der Waals surface area contributed by atoms with Crippen molar-refractivity contribution in [3.63, 3.8) is 0 Å². The molecule has 0 aliphatic heterocycles. The number of hydrogen-bond acceptors (Lipinski definition) is 4. The summed E-state index contributed by atoms with van der Waals surface area (Å²) in [4.78, 5) is 2.39. The third-order valence-electron chi connectivity index (χ3n) is 5.09. The molecule has 22 heavy (non-hydrogen) atoms. The van der Waals surface area contributed by atoms with Crippen LogP contribution in [0.2, 0.25) is 0 Å². The first kappa shape index (κ1) is 13.8. The van der Waals surface area contributed by atoms with Gasteiger partial charge in [-0.15, -0.1) is 10.2 Å². The average molecular weight is 297 g/mol. The molecule has 0 bridgehead atoms. The number of aromatic nitrogens is 2. The topological polar surface area (TPSA) is 42.2 Å². The molecule has 2 fully saturated rings. The fourth-order valence-electron chi connectivity index (χ4n) is 3.20. The lowest BCUT2D eigenvalue weighted by atomic mass is 9.85. The van der Waals surface area contributed by atoms with Crippen LogP contribution in [-0.4, -0.2) is 16.7 Å². The van der Waals surface area contributed by atoms with Crippen molar-refractivity contribution >= 4 is 5.69 Å². The van der Waals surface area contributed by atoms with Crippen molar-refractivity contribution in [2.75, 3.05) is 11.4 Å². The third kappa shape index (κ3) is 2.87. The van der Waals surface area contributed by atoms with Crippen molar-refractivity contribution in [3.05, 3.63) is 42.1 Å². The molecular weight excluding hydrogens is 274 g/mol. The van der Waals surface area contributed by atoms with Crippen molar-refractivity contribution in [2.24, 2.45) is 5.92 Å². The summed E-state index contributed by atoms with van der Waals surface area (Å²) in [6, 6.07) is 10.6. The second kappa shape index (κ2) is 6.11. The minimum atomic E-state index is 0.512. The highest BCUT2D eigenvalue weighted by Crippen LogP contribution is 2.35. The summed E-state index contributed by atoms with van der Waals surface area (Å²) in [7, 11) is 0. The van der Waals surface area contributed by atoms with Gasteiger partial charge in [0, 0.05) is 18.2 Å². The molecule has 4 heteroatoms. The van der Waals surface area contributed by atoms with Gasteiger partial charge in [0.25, 0.3) is 0 Å². The van der Waals surface area contributed by atoms with E-state index in [1.54, 1.807) is 0 Å². The highest BCUT2D eigenvalue weighted by atomic mass is 16.4. The van der Waals surface area contributed by atoms with Crippen LogP contribution in [0.1, 0.15) is 56.2 Å². The van der Waals surface area contributed by atoms with E-state index in [1.165, 1.54) is 44.2 Å². The maximum atomic E-state index is 5.91. The predicted octanol–water partition coefficient (Wildman–Crippen LogP) is 4.14. The largest absolute Gasteiger partial charge is 0.423 e. The molecule has 0 unspecified atom stereocenters. The normalized spacial score (nSPS) is 18.7. The van der Waals surface area contributed by atoms with Gasteiger partial charge in [-0.3, -0.25) is 0 Å². The van der Waals surface area contributed by atoms with Crippen molar-refractivity contribution < 1.29 is 4.42 Å². The maximum absolute atomic E-state index is 5.91. The smallest absolute Gasteiger partial charge is 0.235 e. The van der Waals surface area contributed by atoms with Crippen LogP contribution in [0.15, 0.2) is 34.7 Å². The SMILES string of the molecule is c1ccc(N(Cc2nnc(C3CCC3)o2)CC2CCC2)cc1. The van der Waals surface area contributed by atoms with Gasteiger partial charge in [0.15, 0.2) is 0 Å². The number of rotatable bonds is 6. The number of hydrogen-bond donors (Lipinski definition) is 0. The van der Waals surface area contributed by atoms with Crippen LogP contribution in [-0.2, 0) is 6.54 Å². The second-order valence-corrected chi connectivity index (χ2v) is 6.67. The zero-order valence-electron chi connectivity index (χ0n) is 12.9. The molecule has 0 saturated heterocycles. The van der Waals surface area contributed by atoms with Gasteiger partial charge in [-0.05, 0) is 43.7 Å². The number of benzene rings is 1. The van der Waals surface area contributed by atoms with Gasteiger partial charge in [-0.25, -0.2) is 0 Å².